The highest BCUT2D eigenvalue weighted by molar-refractivity contribution is 6.01. The highest BCUT2D eigenvalue weighted by Gasteiger charge is 2.14. The van der Waals surface area contributed by atoms with Crippen LogP contribution in [0.2, 0.25) is 0 Å². The topological polar surface area (TPSA) is 95.7 Å². The standard InChI is InChI=1S/C14H15N5O2/c1-7-13(8(2)18-17-7)9-4-11(16-14(20)21-3)10-6-15-19-12(10)5-9/h4-6H,1-3H3,(H,15,19)(H,16,20)(H,17,18). The van der Waals surface area contributed by atoms with Crippen LogP contribution in [-0.4, -0.2) is 33.6 Å². The van der Waals surface area contributed by atoms with E-state index in [4.69, 9.17) is 0 Å². The largest absolute Gasteiger partial charge is 0.453 e. The number of fused-ring (bicyclic) bond motifs is 1. The van der Waals surface area contributed by atoms with Gasteiger partial charge >= 0.3 is 6.09 Å². The minimum Gasteiger partial charge on any atom is -0.453 e. The van der Waals surface area contributed by atoms with E-state index in [-0.39, 0.29) is 0 Å². The molecule has 0 spiro atoms. The van der Waals surface area contributed by atoms with Gasteiger partial charge in [-0.1, -0.05) is 0 Å². The summed E-state index contributed by atoms with van der Waals surface area (Å²) in [7, 11) is 1.33. The second-order valence-electron chi connectivity index (χ2n) is 4.78. The van der Waals surface area contributed by atoms with E-state index < -0.39 is 6.09 Å². The molecule has 0 bridgehead atoms. The van der Waals surface area contributed by atoms with Crippen molar-refractivity contribution >= 4 is 22.7 Å². The van der Waals surface area contributed by atoms with Gasteiger partial charge in [0.05, 0.1) is 30.2 Å². The molecule has 0 unspecified atom stereocenters. The van der Waals surface area contributed by atoms with Crippen LogP contribution >= 0.6 is 0 Å². The number of aromatic amines is 2. The number of methoxy groups -OCH3 is 1. The monoisotopic (exact) mass is 285 g/mol. The predicted molar refractivity (Wildman–Crippen MR) is 79.2 cm³/mol. The van der Waals surface area contributed by atoms with Gasteiger partial charge in [0.25, 0.3) is 0 Å². The summed E-state index contributed by atoms with van der Waals surface area (Å²) in [6.07, 6.45) is 1.15. The molecular weight excluding hydrogens is 270 g/mol. The van der Waals surface area contributed by atoms with Crippen LogP contribution in [0.5, 0.6) is 0 Å². The van der Waals surface area contributed by atoms with Gasteiger partial charge in [-0.2, -0.15) is 10.2 Å². The van der Waals surface area contributed by atoms with E-state index in [1.807, 2.05) is 26.0 Å². The van der Waals surface area contributed by atoms with Crippen molar-refractivity contribution in [1.82, 2.24) is 20.4 Å². The number of nitrogens with one attached hydrogen (secondary N) is 3. The first-order chi connectivity index (χ1) is 10.1. The lowest BCUT2D eigenvalue weighted by Crippen LogP contribution is -2.11. The van der Waals surface area contributed by atoms with Gasteiger partial charge in [-0.25, -0.2) is 4.79 Å². The molecule has 1 amide bonds. The van der Waals surface area contributed by atoms with Crippen molar-refractivity contribution in [3.63, 3.8) is 0 Å². The van der Waals surface area contributed by atoms with Crippen LogP contribution < -0.4 is 5.32 Å². The van der Waals surface area contributed by atoms with Crippen molar-refractivity contribution in [2.24, 2.45) is 0 Å². The molecule has 2 aromatic heterocycles. The summed E-state index contributed by atoms with van der Waals surface area (Å²) in [6.45, 7) is 3.89. The molecular formula is C14H15N5O2. The van der Waals surface area contributed by atoms with Crippen LogP contribution in [0.15, 0.2) is 18.3 Å². The van der Waals surface area contributed by atoms with E-state index in [9.17, 15) is 4.79 Å². The molecule has 0 fully saturated rings. The molecule has 108 valence electrons. The lowest BCUT2D eigenvalue weighted by molar-refractivity contribution is 0.187. The Morgan fingerprint density at radius 3 is 2.76 bits per heavy atom. The summed E-state index contributed by atoms with van der Waals surface area (Å²) in [4.78, 5) is 11.5. The molecule has 0 aliphatic heterocycles. The summed E-state index contributed by atoms with van der Waals surface area (Å²) in [5.74, 6) is 0. The van der Waals surface area contributed by atoms with Gasteiger partial charge in [0.15, 0.2) is 0 Å². The van der Waals surface area contributed by atoms with Crippen LogP contribution in [0.25, 0.3) is 22.0 Å². The van der Waals surface area contributed by atoms with E-state index in [0.29, 0.717) is 5.69 Å². The molecule has 3 N–H and O–H groups in total. The van der Waals surface area contributed by atoms with Crippen molar-refractivity contribution in [2.75, 3.05) is 12.4 Å². The predicted octanol–water partition coefficient (Wildman–Crippen LogP) is 2.75. The Morgan fingerprint density at radius 1 is 1.29 bits per heavy atom. The fourth-order valence-corrected chi connectivity index (χ4v) is 2.44. The van der Waals surface area contributed by atoms with Crippen molar-refractivity contribution in [3.05, 3.63) is 29.7 Å². The SMILES string of the molecule is COC(=O)Nc1cc(-c2c(C)n[nH]c2C)cc2[nH]ncc12. The first-order valence-electron chi connectivity index (χ1n) is 6.44. The zero-order valence-corrected chi connectivity index (χ0v) is 11.9. The lowest BCUT2D eigenvalue weighted by atomic mass is 10.0. The molecule has 3 aromatic rings. The average molecular weight is 285 g/mol. The van der Waals surface area contributed by atoms with E-state index in [0.717, 1.165) is 33.4 Å². The number of anilines is 1. The lowest BCUT2D eigenvalue weighted by Gasteiger charge is -2.09. The zero-order chi connectivity index (χ0) is 15.0. The van der Waals surface area contributed by atoms with Gasteiger partial charge in [0, 0.05) is 16.6 Å². The van der Waals surface area contributed by atoms with Crippen LogP contribution in [0, 0.1) is 13.8 Å². The number of benzene rings is 1. The number of aromatic nitrogens is 4. The van der Waals surface area contributed by atoms with Crippen molar-refractivity contribution in [2.45, 2.75) is 13.8 Å². The molecule has 0 saturated carbocycles. The smallest absolute Gasteiger partial charge is 0.411 e. The van der Waals surface area contributed by atoms with Crippen LogP contribution in [-0.2, 0) is 4.74 Å². The maximum atomic E-state index is 11.5. The molecule has 1 aromatic carbocycles. The summed E-state index contributed by atoms with van der Waals surface area (Å²) in [6, 6.07) is 3.87. The van der Waals surface area contributed by atoms with Crippen LogP contribution in [0.3, 0.4) is 0 Å². The molecule has 0 aliphatic carbocycles. The third-order valence-electron chi connectivity index (χ3n) is 3.40. The first-order valence-corrected chi connectivity index (χ1v) is 6.44. The molecule has 0 saturated heterocycles. The maximum Gasteiger partial charge on any atom is 0.411 e. The molecule has 0 radical (unpaired) electrons. The molecule has 7 nitrogen and oxygen atoms in total. The number of aryl methyl sites for hydroxylation is 2. The Morgan fingerprint density at radius 2 is 2.10 bits per heavy atom. The molecule has 21 heavy (non-hydrogen) atoms. The maximum absolute atomic E-state index is 11.5. The number of carbonyl (C=O) groups is 1. The molecule has 2 heterocycles. The van der Waals surface area contributed by atoms with Crippen LogP contribution in [0.1, 0.15) is 11.4 Å². The van der Waals surface area contributed by atoms with Crippen molar-refractivity contribution < 1.29 is 9.53 Å². The van der Waals surface area contributed by atoms with Gasteiger partial charge in [0.2, 0.25) is 0 Å². The van der Waals surface area contributed by atoms with E-state index in [2.05, 4.69) is 30.4 Å². The number of rotatable bonds is 2. The highest BCUT2D eigenvalue weighted by atomic mass is 16.5. The average Bonchev–Trinajstić information content (AvgIpc) is 3.05. The molecule has 7 heteroatoms. The Kier molecular flexibility index (Phi) is 3.09. The zero-order valence-electron chi connectivity index (χ0n) is 11.9. The summed E-state index contributed by atoms with van der Waals surface area (Å²) in [5.41, 5.74) is 5.30. The van der Waals surface area contributed by atoms with Crippen molar-refractivity contribution in [1.29, 1.82) is 0 Å². The minimum absolute atomic E-state index is 0.518. The van der Waals surface area contributed by atoms with Crippen molar-refractivity contribution in [3.8, 4) is 11.1 Å². The molecule has 3 rings (SSSR count). The second kappa shape index (κ2) is 4.93. The Bertz CT molecular complexity index is 798. The number of ether oxygens (including phenoxy) is 1. The number of hydrogen-bond acceptors (Lipinski definition) is 4. The summed E-state index contributed by atoms with van der Waals surface area (Å²) < 4.78 is 4.66. The summed E-state index contributed by atoms with van der Waals surface area (Å²) in [5, 5.41) is 17.6. The van der Waals surface area contributed by atoms with Gasteiger partial charge in [0.1, 0.15) is 0 Å². The fraction of sp³-hybridized carbons (Fsp3) is 0.214. The van der Waals surface area contributed by atoms with Gasteiger partial charge in [-0.15, -0.1) is 0 Å². The fourth-order valence-electron chi connectivity index (χ4n) is 2.44. The third kappa shape index (κ3) is 2.22. The highest BCUT2D eigenvalue weighted by Crippen LogP contribution is 2.32. The van der Waals surface area contributed by atoms with Gasteiger partial charge in [-0.3, -0.25) is 15.5 Å². The number of carbonyl (C=O) groups excluding carboxylic acids is 1. The minimum atomic E-state index is -0.518. The number of hydrogen-bond donors (Lipinski definition) is 3. The van der Waals surface area contributed by atoms with E-state index >= 15 is 0 Å². The Labute approximate surface area is 120 Å². The van der Waals surface area contributed by atoms with Gasteiger partial charge < -0.3 is 4.74 Å². The Hall–Kier alpha value is -2.83. The number of nitrogens with zero attached hydrogens (tertiary/aromatic N) is 2. The quantitative estimate of drug-likeness (QED) is 0.674. The number of amides is 1. The summed E-state index contributed by atoms with van der Waals surface area (Å²) >= 11 is 0. The van der Waals surface area contributed by atoms with Crippen LogP contribution in [0.4, 0.5) is 10.5 Å². The number of H-pyrrole nitrogens is 2. The van der Waals surface area contributed by atoms with E-state index in [1.54, 1.807) is 6.20 Å². The second-order valence-corrected chi connectivity index (χ2v) is 4.78. The molecule has 0 aliphatic rings. The Balaban J connectivity index is 2.19. The molecule has 0 atom stereocenters. The van der Waals surface area contributed by atoms with E-state index in [1.165, 1.54) is 7.11 Å². The third-order valence-corrected chi connectivity index (χ3v) is 3.40. The first kappa shape index (κ1) is 13.2. The van der Waals surface area contributed by atoms with Gasteiger partial charge in [-0.05, 0) is 31.5 Å². The normalized spacial score (nSPS) is 10.8.